The molecule has 1 N–H and O–H groups in total. The average molecular weight is 422 g/mol. The maximum atomic E-state index is 12.5. The summed E-state index contributed by atoms with van der Waals surface area (Å²) < 4.78 is 5.26. The maximum absolute atomic E-state index is 12.5. The molecule has 1 fully saturated rings. The number of ether oxygens (including phenoxy) is 1. The third-order valence-corrected chi connectivity index (χ3v) is 6.24. The van der Waals surface area contributed by atoms with Gasteiger partial charge in [-0.2, -0.15) is 0 Å². The van der Waals surface area contributed by atoms with Gasteiger partial charge in [-0.05, 0) is 18.6 Å². The third-order valence-electron chi connectivity index (χ3n) is 4.24. The molecule has 1 aliphatic heterocycles. The van der Waals surface area contributed by atoms with Crippen LogP contribution in [-0.2, 0) is 22.4 Å². The molecule has 1 amide bonds. The lowest BCUT2D eigenvalue weighted by atomic mass is 10.2. The van der Waals surface area contributed by atoms with Gasteiger partial charge in [0.05, 0.1) is 30.3 Å². The van der Waals surface area contributed by atoms with E-state index in [0.717, 1.165) is 23.4 Å². The number of nitrogens with one attached hydrogen (secondary N) is 1. The molecule has 0 spiro atoms. The number of carbonyl (C=O) groups is 2. The summed E-state index contributed by atoms with van der Waals surface area (Å²) in [6.07, 6.45) is 1.94. The van der Waals surface area contributed by atoms with Gasteiger partial charge in [0.2, 0.25) is 5.91 Å². The van der Waals surface area contributed by atoms with Gasteiger partial charge < -0.3 is 14.6 Å². The molecule has 1 aliphatic rings. The van der Waals surface area contributed by atoms with Crippen molar-refractivity contribution >= 4 is 34.8 Å². The summed E-state index contributed by atoms with van der Waals surface area (Å²) in [7, 11) is 0. The third kappa shape index (κ3) is 5.76. The molecule has 28 heavy (non-hydrogen) atoms. The minimum absolute atomic E-state index is 0.0383. The Kier molecular flexibility index (Phi) is 7.41. The number of amides is 1. The number of morpholine rings is 1. The molecule has 9 heteroatoms. The quantitative estimate of drug-likeness (QED) is 0.399. The lowest BCUT2D eigenvalue weighted by molar-refractivity contribution is -0.134. The highest BCUT2D eigenvalue weighted by atomic mass is 32.2. The van der Waals surface area contributed by atoms with Crippen molar-refractivity contribution in [3.8, 4) is 0 Å². The second-order valence-corrected chi connectivity index (χ2v) is 8.57. The average Bonchev–Trinajstić information content (AvgIpc) is 3.15. The molecule has 0 bridgehead atoms. The molecule has 2 aromatic heterocycles. The van der Waals surface area contributed by atoms with E-state index in [2.05, 4.69) is 9.97 Å². The number of thioether (sulfide) groups is 1. The van der Waals surface area contributed by atoms with E-state index in [4.69, 9.17) is 4.74 Å². The molecule has 0 aromatic carbocycles. The molecular formula is C19H23N3O4S2. The van der Waals surface area contributed by atoms with Gasteiger partial charge in [-0.15, -0.1) is 11.3 Å². The van der Waals surface area contributed by atoms with Gasteiger partial charge in [0.1, 0.15) is 0 Å². The first kappa shape index (κ1) is 20.8. The molecule has 0 saturated carbocycles. The minimum Gasteiger partial charge on any atom is -0.378 e. The van der Waals surface area contributed by atoms with E-state index in [1.807, 2.05) is 13.0 Å². The van der Waals surface area contributed by atoms with E-state index in [0.29, 0.717) is 42.8 Å². The summed E-state index contributed by atoms with van der Waals surface area (Å²) in [5, 5.41) is 0.462. The first-order valence-electron chi connectivity index (χ1n) is 9.25. The van der Waals surface area contributed by atoms with Crippen molar-refractivity contribution in [3.05, 3.63) is 44.0 Å². The molecule has 3 heterocycles. The number of thiophene rings is 1. The number of aromatic amines is 1. The fraction of sp³-hybridized carbons (Fsp3) is 0.474. The van der Waals surface area contributed by atoms with Crippen LogP contribution in [-0.4, -0.2) is 58.6 Å². The number of rotatable bonds is 8. The van der Waals surface area contributed by atoms with Gasteiger partial charge in [0, 0.05) is 29.7 Å². The zero-order chi connectivity index (χ0) is 19.9. The fourth-order valence-corrected chi connectivity index (χ4v) is 4.64. The number of hydrogen-bond acceptors (Lipinski definition) is 7. The number of carbonyl (C=O) groups excluding carboxylic acids is 2. The van der Waals surface area contributed by atoms with Gasteiger partial charge in [-0.1, -0.05) is 25.1 Å². The lowest BCUT2D eigenvalue weighted by Gasteiger charge is -2.26. The Bertz CT molecular complexity index is 887. The second-order valence-electron chi connectivity index (χ2n) is 6.44. The predicted molar refractivity (Wildman–Crippen MR) is 109 cm³/mol. The zero-order valence-corrected chi connectivity index (χ0v) is 17.4. The summed E-state index contributed by atoms with van der Waals surface area (Å²) in [6.45, 7) is 4.42. The van der Waals surface area contributed by atoms with Crippen LogP contribution in [0.1, 0.15) is 33.6 Å². The van der Waals surface area contributed by atoms with Crippen molar-refractivity contribution in [1.29, 1.82) is 0 Å². The predicted octanol–water partition coefficient (Wildman–Crippen LogP) is 2.16. The van der Waals surface area contributed by atoms with E-state index in [1.165, 1.54) is 29.2 Å². The van der Waals surface area contributed by atoms with Gasteiger partial charge in [-0.3, -0.25) is 14.4 Å². The first-order chi connectivity index (χ1) is 13.5. The van der Waals surface area contributed by atoms with E-state index in [-0.39, 0.29) is 23.0 Å². The SMILES string of the molecule is CCCc1cc(=O)[nH]c(SCC(=O)c2ccc(CC(=O)N3CCOCC3)s2)n1. The van der Waals surface area contributed by atoms with Crippen molar-refractivity contribution in [2.24, 2.45) is 0 Å². The second kappa shape index (κ2) is 9.99. The first-order valence-corrected chi connectivity index (χ1v) is 11.1. The van der Waals surface area contributed by atoms with E-state index >= 15 is 0 Å². The number of H-pyrrole nitrogens is 1. The molecule has 0 unspecified atom stereocenters. The Morgan fingerprint density at radius 3 is 2.86 bits per heavy atom. The number of aromatic nitrogens is 2. The monoisotopic (exact) mass is 421 g/mol. The van der Waals surface area contributed by atoms with Crippen LogP contribution in [0.4, 0.5) is 0 Å². The Labute approximate surface area is 171 Å². The molecule has 3 rings (SSSR count). The Hall–Kier alpha value is -1.97. The standard InChI is InChI=1S/C19H23N3O4S2/c1-2-3-13-10-17(24)21-19(20-13)27-12-15(23)16-5-4-14(28-16)11-18(25)22-6-8-26-9-7-22/h4-5,10H,2-3,6-9,11-12H2,1H3,(H,20,21,24). The van der Waals surface area contributed by atoms with Crippen molar-refractivity contribution in [2.45, 2.75) is 31.3 Å². The molecule has 7 nitrogen and oxygen atoms in total. The van der Waals surface area contributed by atoms with Crippen LogP contribution in [0.15, 0.2) is 28.2 Å². The summed E-state index contributed by atoms with van der Waals surface area (Å²) in [4.78, 5) is 46.8. The lowest BCUT2D eigenvalue weighted by Crippen LogP contribution is -2.41. The van der Waals surface area contributed by atoms with Gasteiger partial charge in [0.15, 0.2) is 10.9 Å². The number of aryl methyl sites for hydroxylation is 1. The molecule has 0 aliphatic carbocycles. The van der Waals surface area contributed by atoms with Crippen LogP contribution in [0.5, 0.6) is 0 Å². The zero-order valence-electron chi connectivity index (χ0n) is 15.7. The highest BCUT2D eigenvalue weighted by Gasteiger charge is 2.19. The van der Waals surface area contributed by atoms with Gasteiger partial charge in [0.25, 0.3) is 5.56 Å². The van der Waals surface area contributed by atoms with Crippen LogP contribution >= 0.6 is 23.1 Å². The number of hydrogen-bond donors (Lipinski definition) is 1. The van der Waals surface area contributed by atoms with Crippen molar-refractivity contribution in [3.63, 3.8) is 0 Å². The fourth-order valence-electron chi connectivity index (χ4n) is 2.84. The van der Waals surface area contributed by atoms with E-state index in [1.54, 1.807) is 11.0 Å². The normalized spacial score (nSPS) is 14.2. The molecule has 0 radical (unpaired) electrons. The molecule has 1 saturated heterocycles. The summed E-state index contributed by atoms with van der Waals surface area (Å²) in [5.41, 5.74) is 0.537. The van der Waals surface area contributed by atoms with Crippen LogP contribution in [0, 0.1) is 0 Å². The van der Waals surface area contributed by atoms with Crippen molar-refractivity contribution in [2.75, 3.05) is 32.1 Å². The van der Waals surface area contributed by atoms with Crippen molar-refractivity contribution < 1.29 is 14.3 Å². The molecule has 150 valence electrons. The number of nitrogens with zero attached hydrogens (tertiary/aromatic N) is 2. The minimum atomic E-state index is -0.201. The Morgan fingerprint density at radius 1 is 1.32 bits per heavy atom. The highest BCUT2D eigenvalue weighted by Crippen LogP contribution is 2.21. The highest BCUT2D eigenvalue weighted by molar-refractivity contribution is 7.99. The maximum Gasteiger partial charge on any atom is 0.251 e. The van der Waals surface area contributed by atoms with Crippen LogP contribution < -0.4 is 5.56 Å². The van der Waals surface area contributed by atoms with Crippen molar-refractivity contribution in [1.82, 2.24) is 14.9 Å². The smallest absolute Gasteiger partial charge is 0.251 e. The van der Waals surface area contributed by atoms with Gasteiger partial charge in [-0.25, -0.2) is 4.98 Å². The summed E-state index contributed by atoms with van der Waals surface area (Å²) in [5.74, 6) is 0.215. The number of Topliss-reactive ketones (excluding diaryl/α,β-unsaturated/α-hetero) is 1. The number of ketones is 1. The van der Waals surface area contributed by atoms with E-state index < -0.39 is 0 Å². The van der Waals surface area contributed by atoms with Crippen LogP contribution in [0.25, 0.3) is 0 Å². The largest absolute Gasteiger partial charge is 0.378 e. The summed E-state index contributed by atoms with van der Waals surface area (Å²) in [6, 6.07) is 5.09. The van der Waals surface area contributed by atoms with Crippen LogP contribution in [0.2, 0.25) is 0 Å². The Balaban J connectivity index is 1.55. The molecule has 0 atom stereocenters. The topological polar surface area (TPSA) is 92.4 Å². The van der Waals surface area contributed by atoms with E-state index in [9.17, 15) is 14.4 Å². The summed E-state index contributed by atoms with van der Waals surface area (Å²) >= 11 is 2.57. The molecule has 2 aromatic rings. The Morgan fingerprint density at radius 2 is 2.11 bits per heavy atom. The van der Waals surface area contributed by atoms with Gasteiger partial charge >= 0.3 is 0 Å². The van der Waals surface area contributed by atoms with Crippen LogP contribution in [0.3, 0.4) is 0 Å². The molecular weight excluding hydrogens is 398 g/mol.